The fraction of sp³-hybridized carbons (Fsp3) is 0.500. The first-order chi connectivity index (χ1) is 6.15. The molecule has 13 heavy (non-hydrogen) atoms. The lowest BCUT2D eigenvalue weighted by molar-refractivity contribution is -0.141. The molecule has 0 aromatic carbocycles. The molecule has 0 amide bonds. The minimum Gasteiger partial charge on any atom is -0.463 e. The van der Waals surface area contributed by atoms with Gasteiger partial charge in [0.1, 0.15) is 0 Å². The summed E-state index contributed by atoms with van der Waals surface area (Å²) in [5, 5.41) is 0. The molecule has 0 unspecified atom stereocenters. The Morgan fingerprint density at radius 1 is 1.38 bits per heavy atom. The standard InChI is InChI=1S/C8H13NO4/c1-3-6(8(11)13-9)5-7(10)12-4-2/h5H,3-4,9H2,1-2H3/b6-5-. The highest BCUT2D eigenvalue weighted by atomic mass is 16.7. The van der Waals surface area contributed by atoms with Crippen LogP contribution in [0.1, 0.15) is 20.3 Å². The number of hydrogen-bond donors (Lipinski definition) is 1. The molecule has 5 nitrogen and oxygen atoms in total. The van der Waals surface area contributed by atoms with E-state index in [4.69, 9.17) is 0 Å². The third-order valence-corrected chi connectivity index (χ3v) is 1.33. The zero-order valence-electron chi connectivity index (χ0n) is 7.70. The van der Waals surface area contributed by atoms with Crippen LogP contribution in [0.25, 0.3) is 0 Å². The number of carbonyl (C=O) groups excluding carboxylic acids is 2. The Bertz CT molecular complexity index is 222. The van der Waals surface area contributed by atoms with Gasteiger partial charge in [0.25, 0.3) is 0 Å². The van der Waals surface area contributed by atoms with Gasteiger partial charge in [-0.05, 0) is 13.3 Å². The fourth-order valence-corrected chi connectivity index (χ4v) is 0.707. The van der Waals surface area contributed by atoms with Crippen molar-refractivity contribution in [2.24, 2.45) is 5.90 Å². The third kappa shape index (κ3) is 4.27. The first-order valence-electron chi connectivity index (χ1n) is 3.94. The Kier molecular flexibility index (Phi) is 5.54. The second-order valence-electron chi connectivity index (χ2n) is 2.18. The first-order valence-corrected chi connectivity index (χ1v) is 3.94. The minimum atomic E-state index is -0.712. The molecule has 74 valence electrons. The van der Waals surface area contributed by atoms with Crippen LogP contribution in [0.5, 0.6) is 0 Å². The van der Waals surface area contributed by atoms with Gasteiger partial charge in [-0.25, -0.2) is 9.59 Å². The molecule has 0 bridgehead atoms. The van der Waals surface area contributed by atoms with Gasteiger partial charge in [0.05, 0.1) is 6.61 Å². The summed E-state index contributed by atoms with van der Waals surface area (Å²) in [7, 11) is 0. The minimum absolute atomic E-state index is 0.195. The van der Waals surface area contributed by atoms with Gasteiger partial charge in [-0.1, -0.05) is 6.92 Å². The summed E-state index contributed by atoms with van der Waals surface area (Å²) in [5.41, 5.74) is 0.195. The highest BCUT2D eigenvalue weighted by Gasteiger charge is 2.10. The quantitative estimate of drug-likeness (QED) is 0.389. The van der Waals surface area contributed by atoms with Gasteiger partial charge < -0.3 is 9.57 Å². The molecule has 0 spiro atoms. The Morgan fingerprint density at radius 2 is 2.00 bits per heavy atom. The highest BCUT2D eigenvalue weighted by molar-refractivity contribution is 5.96. The molecular formula is C8H13NO4. The summed E-state index contributed by atoms with van der Waals surface area (Å²) >= 11 is 0. The smallest absolute Gasteiger partial charge is 0.352 e. The van der Waals surface area contributed by atoms with Crippen LogP contribution in [0.15, 0.2) is 11.6 Å². The molecule has 0 saturated carbocycles. The fourth-order valence-electron chi connectivity index (χ4n) is 0.707. The van der Waals surface area contributed by atoms with Crippen molar-refractivity contribution < 1.29 is 19.2 Å². The van der Waals surface area contributed by atoms with E-state index in [2.05, 4.69) is 15.5 Å². The zero-order valence-corrected chi connectivity index (χ0v) is 7.70. The van der Waals surface area contributed by atoms with Crippen molar-refractivity contribution >= 4 is 11.9 Å². The van der Waals surface area contributed by atoms with Gasteiger partial charge in [-0.2, -0.15) is 5.90 Å². The molecule has 0 saturated heterocycles. The third-order valence-electron chi connectivity index (χ3n) is 1.33. The molecule has 0 aliphatic rings. The van der Waals surface area contributed by atoms with E-state index in [0.29, 0.717) is 6.42 Å². The average molecular weight is 187 g/mol. The Labute approximate surface area is 76.4 Å². The van der Waals surface area contributed by atoms with Gasteiger partial charge in [0.15, 0.2) is 0 Å². The predicted molar refractivity (Wildman–Crippen MR) is 45.3 cm³/mol. The van der Waals surface area contributed by atoms with E-state index in [1.54, 1.807) is 13.8 Å². The van der Waals surface area contributed by atoms with Gasteiger partial charge in [0, 0.05) is 11.6 Å². The van der Waals surface area contributed by atoms with Crippen LogP contribution in [0.3, 0.4) is 0 Å². The van der Waals surface area contributed by atoms with Crippen LogP contribution in [0.2, 0.25) is 0 Å². The monoisotopic (exact) mass is 187 g/mol. The lowest BCUT2D eigenvalue weighted by Crippen LogP contribution is -2.14. The number of ether oxygens (including phenoxy) is 1. The molecule has 0 aromatic rings. The van der Waals surface area contributed by atoms with Crippen molar-refractivity contribution in [1.82, 2.24) is 0 Å². The summed E-state index contributed by atoms with van der Waals surface area (Å²) in [6.45, 7) is 3.66. The summed E-state index contributed by atoms with van der Waals surface area (Å²) in [5.74, 6) is 3.38. The van der Waals surface area contributed by atoms with E-state index in [1.165, 1.54) is 0 Å². The number of rotatable bonds is 4. The number of esters is 1. The largest absolute Gasteiger partial charge is 0.463 e. The second kappa shape index (κ2) is 6.19. The lowest BCUT2D eigenvalue weighted by atomic mass is 10.2. The van der Waals surface area contributed by atoms with E-state index < -0.39 is 11.9 Å². The molecule has 0 rings (SSSR count). The molecule has 0 fully saturated rings. The topological polar surface area (TPSA) is 78.6 Å². The van der Waals surface area contributed by atoms with E-state index >= 15 is 0 Å². The van der Waals surface area contributed by atoms with E-state index in [0.717, 1.165) is 6.08 Å². The van der Waals surface area contributed by atoms with Crippen LogP contribution >= 0.6 is 0 Å². The van der Waals surface area contributed by atoms with Crippen LogP contribution in [0.4, 0.5) is 0 Å². The number of carbonyl (C=O) groups is 2. The first kappa shape index (κ1) is 11.6. The number of nitrogens with two attached hydrogens (primary N) is 1. The van der Waals surface area contributed by atoms with Crippen LogP contribution in [0, 0.1) is 0 Å². The molecule has 2 N–H and O–H groups in total. The van der Waals surface area contributed by atoms with Gasteiger partial charge in [-0.15, -0.1) is 0 Å². The summed E-state index contributed by atoms with van der Waals surface area (Å²) in [6, 6.07) is 0. The summed E-state index contributed by atoms with van der Waals surface area (Å²) in [4.78, 5) is 25.7. The van der Waals surface area contributed by atoms with E-state index in [-0.39, 0.29) is 12.2 Å². The molecule has 0 aliphatic carbocycles. The van der Waals surface area contributed by atoms with Crippen molar-refractivity contribution in [1.29, 1.82) is 0 Å². The van der Waals surface area contributed by atoms with E-state index in [1.807, 2.05) is 0 Å². The molecule has 0 aliphatic heterocycles. The molecule has 0 radical (unpaired) electrons. The second-order valence-corrected chi connectivity index (χ2v) is 2.18. The molecule has 0 aromatic heterocycles. The zero-order chi connectivity index (χ0) is 10.3. The van der Waals surface area contributed by atoms with Crippen molar-refractivity contribution in [3.8, 4) is 0 Å². The van der Waals surface area contributed by atoms with Gasteiger partial charge in [-0.3, -0.25) is 0 Å². The van der Waals surface area contributed by atoms with Crippen molar-refractivity contribution in [3.63, 3.8) is 0 Å². The van der Waals surface area contributed by atoms with E-state index in [9.17, 15) is 9.59 Å². The summed E-state index contributed by atoms with van der Waals surface area (Å²) < 4.78 is 4.60. The maximum absolute atomic E-state index is 10.9. The Balaban J connectivity index is 4.37. The molecule has 0 heterocycles. The van der Waals surface area contributed by atoms with Crippen molar-refractivity contribution in [3.05, 3.63) is 11.6 Å². The van der Waals surface area contributed by atoms with Crippen molar-refractivity contribution in [2.75, 3.05) is 6.61 Å². The van der Waals surface area contributed by atoms with Crippen molar-refractivity contribution in [2.45, 2.75) is 20.3 Å². The molecular weight excluding hydrogens is 174 g/mol. The predicted octanol–water partition coefficient (Wildman–Crippen LogP) is 0.303. The Morgan fingerprint density at radius 3 is 2.38 bits per heavy atom. The molecule has 5 heteroatoms. The molecule has 0 atom stereocenters. The number of hydrogen-bond acceptors (Lipinski definition) is 5. The maximum Gasteiger partial charge on any atom is 0.352 e. The average Bonchev–Trinajstić information content (AvgIpc) is 2.13. The van der Waals surface area contributed by atoms with Crippen LogP contribution < -0.4 is 5.90 Å². The van der Waals surface area contributed by atoms with Crippen LogP contribution in [-0.4, -0.2) is 18.5 Å². The highest BCUT2D eigenvalue weighted by Crippen LogP contribution is 2.02. The lowest BCUT2D eigenvalue weighted by Gasteiger charge is -2.00. The maximum atomic E-state index is 10.9. The van der Waals surface area contributed by atoms with Gasteiger partial charge in [0.2, 0.25) is 0 Å². The summed E-state index contributed by atoms with van der Waals surface area (Å²) in [6.07, 6.45) is 1.45. The SMILES string of the molecule is CCOC(=O)/C=C(/CC)C(=O)ON. The Hall–Kier alpha value is -1.36. The van der Waals surface area contributed by atoms with Crippen LogP contribution in [-0.2, 0) is 19.2 Å². The van der Waals surface area contributed by atoms with Gasteiger partial charge >= 0.3 is 11.9 Å². The normalized spacial score (nSPS) is 10.8.